The first kappa shape index (κ1) is 19.9. The highest BCUT2D eigenvalue weighted by atomic mass is 16.5. The van der Waals surface area contributed by atoms with Gasteiger partial charge in [-0.25, -0.2) is 4.79 Å². The molecule has 9 nitrogen and oxygen atoms in total. The van der Waals surface area contributed by atoms with Crippen molar-refractivity contribution in [1.29, 1.82) is 5.26 Å². The van der Waals surface area contributed by atoms with Crippen molar-refractivity contribution in [1.82, 2.24) is 9.72 Å². The number of amides is 1. The predicted octanol–water partition coefficient (Wildman–Crippen LogP) is 1.83. The second-order valence-corrected chi connectivity index (χ2v) is 5.65. The number of hydrogen-bond acceptors (Lipinski definition) is 7. The van der Waals surface area contributed by atoms with E-state index >= 15 is 0 Å². The van der Waals surface area contributed by atoms with Crippen molar-refractivity contribution in [3.8, 4) is 6.07 Å². The van der Waals surface area contributed by atoms with Gasteiger partial charge in [0.1, 0.15) is 17.9 Å². The molecule has 0 aliphatic rings. The normalized spacial score (nSPS) is 11.1. The van der Waals surface area contributed by atoms with Crippen LogP contribution in [0.1, 0.15) is 17.0 Å². The maximum absolute atomic E-state index is 12.1. The van der Waals surface area contributed by atoms with Crippen LogP contribution in [0.3, 0.4) is 0 Å². The van der Waals surface area contributed by atoms with Crippen LogP contribution in [0.2, 0.25) is 0 Å². The Kier molecular flexibility index (Phi) is 6.91. The predicted molar refractivity (Wildman–Crippen MR) is 95.5 cm³/mol. The van der Waals surface area contributed by atoms with E-state index in [1.807, 2.05) is 30.6 Å². The number of aromatic nitrogens is 2. The first-order valence-corrected chi connectivity index (χ1v) is 8.11. The number of anilines is 1. The summed E-state index contributed by atoms with van der Waals surface area (Å²) < 4.78 is 16.6. The standard InChI is InChI=1S/C18H20N4O5/c1-12-8-14(13(2)22(12)5-7-25-3)9-15(10-19)18(24)26-11-17(23)20-16-4-6-27-21-16/h4,6,8-9H,5,7,11H2,1-3H3,(H,20,21,23)/b15-9+. The van der Waals surface area contributed by atoms with Crippen LogP contribution in [-0.4, -0.2) is 41.9 Å². The second kappa shape index (κ2) is 9.35. The Bertz CT molecular complexity index is 874. The fraction of sp³-hybridized carbons (Fsp3) is 0.333. The molecule has 0 bridgehead atoms. The minimum Gasteiger partial charge on any atom is -0.451 e. The highest BCUT2D eigenvalue weighted by Crippen LogP contribution is 2.18. The van der Waals surface area contributed by atoms with Crippen molar-refractivity contribution in [2.45, 2.75) is 20.4 Å². The molecule has 2 heterocycles. The number of nitrogens with zero attached hydrogens (tertiary/aromatic N) is 3. The van der Waals surface area contributed by atoms with E-state index in [1.165, 1.54) is 18.4 Å². The van der Waals surface area contributed by atoms with Gasteiger partial charge in [0, 0.05) is 31.1 Å². The number of nitrogens with one attached hydrogen (secondary N) is 1. The Balaban J connectivity index is 2.04. The molecule has 9 heteroatoms. The van der Waals surface area contributed by atoms with Gasteiger partial charge in [0.25, 0.3) is 5.91 Å². The maximum Gasteiger partial charge on any atom is 0.349 e. The van der Waals surface area contributed by atoms with E-state index in [4.69, 9.17) is 9.47 Å². The molecular weight excluding hydrogens is 352 g/mol. The summed E-state index contributed by atoms with van der Waals surface area (Å²) in [6, 6.07) is 5.12. The monoisotopic (exact) mass is 372 g/mol. The molecule has 27 heavy (non-hydrogen) atoms. The number of aryl methyl sites for hydroxylation is 1. The molecule has 0 aromatic carbocycles. The van der Waals surface area contributed by atoms with E-state index in [0.29, 0.717) is 13.2 Å². The van der Waals surface area contributed by atoms with Crippen LogP contribution in [0.15, 0.2) is 28.5 Å². The Morgan fingerprint density at radius 2 is 2.22 bits per heavy atom. The number of esters is 1. The summed E-state index contributed by atoms with van der Waals surface area (Å²) in [5.74, 6) is -1.27. The van der Waals surface area contributed by atoms with Gasteiger partial charge in [0.2, 0.25) is 0 Å². The topological polar surface area (TPSA) is 119 Å². The fourth-order valence-corrected chi connectivity index (χ4v) is 2.46. The average molecular weight is 372 g/mol. The molecule has 2 aromatic rings. The van der Waals surface area contributed by atoms with Gasteiger partial charge in [-0.3, -0.25) is 4.79 Å². The number of carbonyl (C=O) groups excluding carboxylic acids is 2. The van der Waals surface area contributed by atoms with Gasteiger partial charge in [-0.05, 0) is 31.6 Å². The van der Waals surface area contributed by atoms with E-state index in [2.05, 4.69) is 15.0 Å². The van der Waals surface area contributed by atoms with Crippen LogP contribution in [-0.2, 0) is 25.6 Å². The van der Waals surface area contributed by atoms with Crippen molar-refractivity contribution in [2.24, 2.45) is 0 Å². The summed E-state index contributed by atoms with van der Waals surface area (Å²) in [5.41, 5.74) is 2.41. The zero-order valence-corrected chi connectivity index (χ0v) is 15.3. The largest absolute Gasteiger partial charge is 0.451 e. The van der Waals surface area contributed by atoms with Crippen LogP contribution in [0.4, 0.5) is 5.82 Å². The third kappa shape index (κ3) is 5.29. The summed E-state index contributed by atoms with van der Waals surface area (Å²) in [5, 5.41) is 15.2. The van der Waals surface area contributed by atoms with E-state index in [1.54, 1.807) is 7.11 Å². The Morgan fingerprint density at radius 1 is 1.44 bits per heavy atom. The lowest BCUT2D eigenvalue weighted by Crippen LogP contribution is -2.21. The van der Waals surface area contributed by atoms with Gasteiger partial charge < -0.3 is 23.9 Å². The van der Waals surface area contributed by atoms with Gasteiger partial charge in [0.15, 0.2) is 12.4 Å². The molecule has 2 aromatic heterocycles. The Morgan fingerprint density at radius 3 is 2.85 bits per heavy atom. The maximum atomic E-state index is 12.1. The molecule has 0 atom stereocenters. The van der Waals surface area contributed by atoms with Crippen LogP contribution in [0.5, 0.6) is 0 Å². The SMILES string of the molecule is COCCn1c(C)cc(/C=C(\C#N)C(=O)OCC(=O)Nc2ccon2)c1C. The summed E-state index contributed by atoms with van der Waals surface area (Å²) in [7, 11) is 1.62. The molecule has 1 N–H and O–H groups in total. The molecule has 0 spiro atoms. The molecular formula is C18H20N4O5. The number of carbonyl (C=O) groups is 2. The lowest BCUT2D eigenvalue weighted by molar-refractivity contribution is -0.142. The summed E-state index contributed by atoms with van der Waals surface area (Å²) >= 11 is 0. The molecule has 0 saturated carbocycles. The van der Waals surface area contributed by atoms with Crippen LogP contribution < -0.4 is 5.32 Å². The number of methoxy groups -OCH3 is 1. The molecule has 0 aliphatic carbocycles. The van der Waals surface area contributed by atoms with E-state index in [9.17, 15) is 14.9 Å². The minimum atomic E-state index is -0.880. The molecule has 0 radical (unpaired) electrons. The number of ether oxygens (including phenoxy) is 2. The van der Waals surface area contributed by atoms with Gasteiger partial charge in [0.05, 0.1) is 6.61 Å². The zero-order valence-electron chi connectivity index (χ0n) is 15.3. The van der Waals surface area contributed by atoms with E-state index in [0.717, 1.165) is 17.0 Å². The Labute approximate surface area is 156 Å². The Hall–Kier alpha value is -3.38. The fourth-order valence-electron chi connectivity index (χ4n) is 2.46. The molecule has 0 fully saturated rings. The lowest BCUT2D eigenvalue weighted by Gasteiger charge is -2.08. The number of hydrogen-bond donors (Lipinski definition) is 1. The quantitative estimate of drug-likeness (QED) is 0.426. The molecule has 0 aliphatic heterocycles. The van der Waals surface area contributed by atoms with Crippen molar-refractivity contribution >= 4 is 23.8 Å². The van der Waals surface area contributed by atoms with Crippen LogP contribution in [0.25, 0.3) is 6.08 Å². The lowest BCUT2D eigenvalue weighted by atomic mass is 10.1. The van der Waals surface area contributed by atoms with Gasteiger partial charge in [-0.1, -0.05) is 5.16 Å². The van der Waals surface area contributed by atoms with E-state index in [-0.39, 0.29) is 11.4 Å². The summed E-state index contributed by atoms with van der Waals surface area (Å²) in [6.07, 6.45) is 2.74. The smallest absolute Gasteiger partial charge is 0.349 e. The van der Waals surface area contributed by atoms with Gasteiger partial charge in [-0.15, -0.1) is 0 Å². The first-order chi connectivity index (χ1) is 13.0. The first-order valence-electron chi connectivity index (χ1n) is 8.11. The number of rotatable bonds is 8. The molecule has 0 unspecified atom stereocenters. The zero-order chi connectivity index (χ0) is 19.8. The third-order valence-electron chi connectivity index (χ3n) is 3.81. The highest BCUT2D eigenvalue weighted by Gasteiger charge is 2.16. The molecule has 1 amide bonds. The third-order valence-corrected chi connectivity index (χ3v) is 3.81. The van der Waals surface area contributed by atoms with Crippen molar-refractivity contribution in [3.63, 3.8) is 0 Å². The molecule has 142 valence electrons. The minimum absolute atomic E-state index is 0.198. The summed E-state index contributed by atoms with van der Waals surface area (Å²) in [6.45, 7) is 4.49. The van der Waals surface area contributed by atoms with Crippen molar-refractivity contribution < 1.29 is 23.6 Å². The van der Waals surface area contributed by atoms with Gasteiger partial charge >= 0.3 is 5.97 Å². The van der Waals surface area contributed by atoms with Crippen LogP contribution >= 0.6 is 0 Å². The number of nitriles is 1. The highest BCUT2D eigenvalue weighted by molar-refractivity contribution is 6.00. The van der Waals surface area contributed by atoms with E-state index < -0.39 is 18.5 Å². The molecule has 0 saturated heterocycles. The van der Waals surface area contributed by atoms with Gasteiger partial charge in [-0.2, -0.15) is 5.26 Å². The molecule has 2 rings (SSSR count). The second-order valence-electron chi connectivity index (χ2n) is 5.65. The van der Waals surface area contributed by atoms with Crippen LogP contribution in [0, 0.1) is 25.2 Å². The summed E-state index contributed by atoms with van der Waals surface area (Å²) in [4.78, 5) is 23.8. The average Bonchev–Trinajstić information content (AvgIpc) is 3.24. The van der Waals surface area contributed by atoms with Crippen molar-refractivity contribution in [3.05, 3.63) is 40.9 Å². The van der Waals surface area contributed by atoms with Crippen molar-refractivity contribution in [2.75, 3.05) is 25.6 Å².